The molecular weight excluding hydrogens is 258 g/mol. The van der Waals surface area contributed by atoms with E-state index in [9.17, 15) is 9.90 Å². The van der Waals surface area contributed by atoms with Gasteiger partial charge in [0, 0.05) is 19.1 Å². The van der Waals surface area contributed by atoms with Crippen molar-refractivity contribution in [2.24, 2.45) is 0 Å². The van der Waals surface area contributed by atoms with Crippen molar-refractivity contribution in [2.75, 3.05) is 18.5 Å². The zero-order chi connectivity index (χ0) is 15.3. The topological polar surface area (TPSA) is 84.3 Å². The summed E-state index contributed by atoms with van der Waals surface area (Å²) in [6, 6.07) is 0. The molecule has 0 aliphatic heterocycles. The molecule has 1 heterocycles. The molecule has 6 heteroatoms. The third kappa shape index (κ3) is 4.45. The molecule has 0 unspecified atom stereocenters. The first-order valence-electron chi connectivity index (χ1n) is 6.75. The monoisotopic (exact) mass is 281 g/mol. The van der Waals surface area contributed by atoms with Crippen LogP contribution < -0.4 is 5.32 Å². The Morgan fingerprint density at radius 3 is 2.65 bits per heavy atom. The number of ether oxygens (including phenoxy) is 1. The van der Waals surface area contributed by atoms with Gasteiger partial charge in [0.25, 0.3) is 0 Å². The second-order valence-corrected chi connectivity index (χ2v) is 5.50. The number of hydrogen-bond donors (Lipinski definition) is 2. The van der Waals surface area contributed by atoms with E-state index in [1.807, 2.05) is 34.6 Å². The number of carboxylic acids is 1. The van der Waals surface area contributed by atoms with Crippen molar-refractivity contribution in [1.82, 2.24) is 9.97 Å². The Kier molecular flexibility index (Phi) is 5.44. The van der Waals surface area contributed by atoms with Crippen LogP contribution >= 0.6 is 0 Å². The van der Waals surface area contributed by atoms with E-state index in [-0.39, 0.29) is 17.2 Å². The van der Waals surface area contributed by atoms with Crippen LogP contribution in [-0.2, 0) is 4.74 Å². The predicted molar refractivity (Wildman–Crippen MR) is 77.3 cm³/mol. The van der Waals surface area contributed by atoms with Crippen LogP contribution in [0.5, 0.6) is 0 Å². The number of hydrogen-bond acceptors (Lipinski definition) is 5. The van der Waals surface area contributed by atoms with Gasteiger partial charge < -0.3 is 15.2 Å². The highest BCUT2D eigenvalue weighted by Crippen LogP contribution is 2.18. The summed E-state index contributed by atoms with van der Waals surface area (Å²) in [7, 11) is 0. The molecule has 0 aliphatic rings. The summed E-state index contributed by atoms with van der Waals surface area (Å²) < 4.78 is 5.56. The molecule has 0 aliphatic carbocycles. The standard InChI is InChI=1S/C14H23N3O3/c1-6-20-14(4,5)8-16-10-7-15-12(9(2)3)17-11(10)13(18)19/h7,9,16H,6,8H2,1-5H3,(H,18,19). The molecule has 0 radical (unpaired) electrons. The van der Waals surface area contributed by atoms with Gasteiger partial charge in [0.05, 0.1) is 17.5 Å². The Hall–Kier alpha value is -1.69. The van der Waals surface area contributed by atoms with E-state index in [0.29, 0.717) is 24.7 Å². The van der Waals surface area contributed by atoms with Crippen LogP contribution in [0, 0.1) is 0 Å². The van der Waals surface area contributed by atoms with Gasteiger partial charge in [-0.15, -0.1) is 0 Å². The van der Waals surface area contributed by atoms with Crippen LogP contribution in [0.25, 0.3) is 0 Å². The van der Waals surface area contributed by atoms with Crippen molar-refractivity contribution in [3.8, 4) is 0 Å². The van der Waals surface area contributed by atoms with Crippen molar-refractivity contribution in [1.29, 1.82) is 0 Å². The van der Waals surface area contributed by atoms with Crippen molar-refractivity contribution in [2.45, 2.75) is 46.1 Å². The second kappa shape index (κ2) is 6.65. The van der Waals surface area contributed by atoms with Crippen molar-refractivity contribution in [3.63, 3.8) is 0 Å². The van der Waals surface area contributed by atoms with Crippen LogP contribution in [0.4, 0.5) is 5.69 Å². The summed E-state index contributed by atoms with van der Waals surface area (Å²) in [6.45, 7) is 10.7. The van der Waals surface area contributed by atoms with E-state index in [0.717, 1.165) is 0 Å². The number of anilines is 1. The first-order valence-corrected chi connectivity index (χ1v) is 6.75. The molecule has 0 spiro atoms. The summed E-state index contributed by atoms with van der Waals surface area (Å²) in [5.74, 6) is -0.454. The number of carbonyl (C=O) groups is 1. The Labute approximate surface area is 119 Å². The number of rotatable bonds is 7. The molecule has 0 atom stereocenters. The van der Waals surface area contributed by atoms with Gasteiger partial charge in [-0.1, -0.05) is 13.8 Å². The third-order valence-electron chi connectivity index (χ3n) is 2.77. The maximum atomic E-state index is 11.3. The lowest BCUT2D eigenvalue weighted by molar-refractivity contribution is 0.000648. The summed E-state index contributed by atoms with van der Waals surface area (Å²) in [6.07, 6.45) is 1.52. The largest absolute Gasteiger partial charge is 0.476 e. The molecule has 1 aromatic rings. The quantitative estimate of drug-likeness (QED) is 0.799. The molecule has 2 N–H and O–H groups in total. The van der Waals surface area contributed by atoms with E-state index in [1.54, 1.807) is 0 Å². The van der Waals surface area contributed by atoms with E-state index in [1.165, 1.54) is 6.20 Å². The van der Waals surface area contributed by atoms with Crippen LogP contribution in [0.1, 0.15) is 56.8 Å². The third-order valence-corrected chi connectivity index (χ3v) is 2.77. The van der Waals surface area contributed by atoms with Gasteiger partial charge in [-0.25, -0.2) is 14.8 Å². The Balaban J connectivity index is 2.92. The zero-order valence-electron chi connectivity index (χ0n) is 12.7. The molecule has 1 aromatic heterocycles. The Bertz CT molecular complexity index is 473. The number of nitrogens with zero attached hydrogens (tertiary/aromatic N) is 2. The van der Waals surface area contributed by atoms with Gasteiger partial charge in [-0.2, -0.15) is 0 Å². The average Bonchev–Trinajstić information content (AvgIpc) is 2.36. The lowest BCUT2D eigenvalue weighted by Crippen LogP contribution is -2.34. The smallest absolute Gasteiger partial charge is 0.356 e. The normalized spacial score (nSPS) is 11.7. The number of aromatic carboxylic acids is 1. The van der Waals surface area contributed by atoms with E-state index >= 15 is 0 Å². The van der Waals surface area contributed by atoms with Crippen molar-refractivity contribution < 1.29 is 14.6 Å². The summed E-state index contributed by atoms with van der Waals surface area (Å²) >= 11 is 0. The Morgan fingerprint density at radius 2 is 2.15 bits per heavy atom. The van der Waals surface area contributed by atoms with Gasteiger partial charge in [0.1, 0.15) is 5.82 Å². The maximum Gasteiger partial charge on any atom is 0.356 e. The molecule has 0 bridgehead atoms. The first-order chi connectivity index (χ1) is 9.26. The second-order valence-electron chi connectivity index (χ2n) is 5.50. The Morgan fingerprint density at radius 1 is 1.50 bits per heavy atom. The average molecular weight is 281 g/mol. The van der Waals surface area contributed by atoms with Crippen LogP contribution in [0.15, 0.2) is 6.20 Å². The summed E-state index contributed by atoms with van der Waals surface area (Å²) in [5, 5.41) is 12.3. The van der Waals surface area contributed by atoms with E-state index in [2.05, 4.69) is 15.3 Å². The fourth-order valence-corrected chi connectivity index (χ4v) is 1.72. The fourth-order valence-electron chi connectivity index (χ4n) is 1.72. The molecule has 20 heavy (non-hydrogen) atoms. The van der Waals surface area contributed by atoms with Crippen LogP contribution in [0.2, 0.25) is 0 Å². The molecule has 0 amide bonds. The van der Waals surface area contributed by atoms with Crippen LogP contribution in [0.3, 0.4) is 0 Å². The minimum atomic E-state index is -1.06. The minimum Gasteiger partial charge on any atom is -0.476 e. The SMILES string of the molecule is CCOC(C)(C)CNc1cnc(C(C)C)nc1C(=O)O. The summed E-state index contributed by atoms with van der Waals surface area (Å²) in [4.78, 5) is 19.6. The molecule has 0 aromatic carbocycles. The fraction of sp³-hybridized carbons (Fsp3) is 0.643. The maximum absolute atomic E-state index is 11.3. The lowest BCUT2D eigenvalue weighted by Gasteiger charge is -2.25. The minimum absolute atomic E-state index is 0.00371. The number of nitrogens with one attached hydrogen (secondary N) is 1. The van der Waals surface area contributed by atoms with Gasteiger partial charge in [-0.05, 0) is 20.8 Å². The molecule has 0 saturated heterocycles. The molecule has 0 saturated carbocycles. The predicted octanol–water partition coefficient (Wildman–Crippen LogP) is 2.53. The zero-order valence-corrected chi connectivity index (χ0v) is 12.7. The molecular formula is C14H23N3O3. The van der Waals surface area contributed by atoms with E-state index in [4.69, 9.17) is 4.74 Å². The lowest BCUT2D eigenvalue weighted by atomic mass is 10.1. The van der Waals surface area contributed by atoms with Gasteiger partial charge in [-0.3, -0.25) is 0 Å². The van der Waals surface area contributed by atoms with Gasteiger partial charge >= 0.3 is 5.97 Å². The van der Waals surface area contributed by atoms with Crippen molar-refractivity contribution in [3.05, 3.63) is 17.7 Å². The highest BCUT2D eigenvalue weighted by Gasteiger charge is 2.20. The molecule has 112 valence electrons. The first kappa shape index (κ1) is 16.4. The van der Waals surface area contributed by atoms with Crippen molar-refractivity contribution >= 4 is 11.7 Å². The number of carboxylic acid groups (broad SMARTS) is 1. The highest BCUT2D eigenvalue weighted by atomic mass is 16.5. The highest BCUT2D eigenvalue weighted by molar-refractivity contribution is 5.91. The molecule has 6 nitrogen and oxygen atoms in total. The summed E-state index contributed by atoms with van der Waals surface area (Å²) in [5.41, 5.74) is 0.0204. The van der Waals surface area contributed by atoms with E-state index < -0.39 is 5.97 Å². The number of aromatic nitrogens is 2. The van der Waals surface area contributed by atoms with Gasteiger partial charge in [0.2, 0.25) is 0 Å². The van der Waals surface area contributed by atoms with Crippen LogP contribution in [-0.4, -0.2) is 39.8 Å². The molecule has 0 fully saturated rings. The van der Waals surface area contributed by atoms with Gasteiger partial charge in [0.15, 0.2) is 5.69 Å². The molecule has 1 rings (SSSR count).